The van der Waals surface area contributed by atoms with E-state index in [-0.39, 0.29) is 18.5 Å². The molecule has 0 spiro atoms. The van der Waals surface area contributed by atoms with Gasteiger partial charge in [-0.25, -0.2) is 0 Å². The molecule has 0 aliphatic rings. The van der Waals surface area contributed by atoms with Crippen LogP contribution in [-0.2, 0) is 14.3 Å². The molecule has 6 nitrogen and oxygen atoms in total. The van der Waals surface area contributed by atoms with Crippen LogP contribution in [0.5, 0.6) is 0 Å². The number of aliphatic hydroxyl groups excluding tert-OH is 2. The maximum absolute atomic E-state index is 12.6. The Morgan fingerprint density at radius 3 is 0.753 bits per heavy atom. The highest BCUT2D eigenvalue weighted by molar-refractivity contribution is 5.76. The van der Waals surface area contributed by atoms with Crippen LogP contribution in [-0.4, -0.2) is 47.4 Å². The SMILES string of the molecule is CCCCCCCCCCCCCCCCCCCCCCCCCCC(O)C(CO)NC(=O)CCCCCCCCCCCCCCCCCCCCCCCCOC(=O)CCCCCCCCCCCCCCCCCCCC. The predicted molar refractivity (Wildman–Crippen MR) is 357 cm³/mol. The standard InChI is InChI=1S/C75H149NO5/c1-3-5-7-9-11-13-15-17-19-21-23-24-25-26-29-32-35-39-43-47-51-55-59-63-67-73(78)72(71-77)76-74(79)68-64-60-56-52-48-44-40-36-33-30-27-28-31-34-38-42-46-50-54-58-62-66-70-81-75(80)69-65-61-57-53-49-45-41-37-22-20-18-16-14-12-10-8-6-4-2/h72-73,77-78H,3-71H2,1-2H3,(H,76,79). The lowest BCUT2D eigenvalue weighted by atomic mass is 10.0. The van der Waals surface area contributed by atoms with Crippen molar-refractivity contribution in [2.75, 3.05) is 13.2 Å². The number of carbonyl (C=O) groups is 2. The van der Waals surface area contributed by atoms with Crippen molar-refractivity contribution in [1.82, 2.24) is 5.32 Å². The van der Waals surface area contributed by atoms with Crippen LogP contribution < -0.4 is 5.32 Å². The Kier molecular flexibility index (Phi) is 70.3. The quantitative estimate of drug-likeness (QED) is 0.0417. The highest BCUT2D eigenvalue weighted by Gasteiger charge is 2.20. The van der Waals surface area contributed by atoms with Gasteiger partial charge in [-0.1, -0.05) is 406 Å². The molecule has 0 aliphatic carbocycles. The zero-order valence-electron chi connectivity index (χ0n) is 55.6. The number of rotatable bonds is 72. The lowest BCUT2D eigenvalue weighted by Gasteiger charge is -2.22. The zero-order chi connectivity index (χ0) is 58.5. The number of esters is 1. The predicted octanol–water partition coefficient (Wildman–Crippen LogP) is 24.5. The van der Waals surface area contributed by atoms with E-state index in [0.29, 0.717) is 25.9 Å². The molecule has 1 amide bonds. The van der Waals surface area contributed by atoms with Crippen molar-refractivity contribution >= 4 is 11.9 Å². The first-order chi connectivity index (χ1) is 40.0. The van der Waals surface area contributed by atoms with E-state index in [4.69, 9.17) is 4.74 Å². The normalized spacial score (nSPS) is 12.4. The summed E-state index contributed by atoms with van der Waals surface area (Å²) in [4.78, 5) is 24.7. The molecule has 0 heterocycles. The van der Waals surface area contributed by atoms with Gasteiger partial charge in [0.15, 0.2) is 0 Å². The second kappa shape index (κ2) is 71.3. The van der Waals surface area contributed by atoms with Crippen LogP contribution in [0.3, 0.4) is 0 Å². The third kappa shape index (κ3) is 67.9. The van der Waals surface area contributed by atoms with Gasteiger partial charge in [0.2, 0.25) is 5.91 Å². The van der Waals surface area contributed by atoms with Crippen LogP contribution in [0.1, 0.15) is 444 Å². The Bertz CT molecular complexity index is 1180. The van der Waals surface area contributed by atoms with Crippen LogP contribution in [0.15, 0.2) is 0 Å². The molecule has 0 bridgehead atoms. The van der Waals surface area contributed by atoms with Crippen molar-refractivity contribution < 1.29 is 24.5 Å². The van der Waals surface area contributed by atoms with E-state index in [9.17, 15) is 19.8 Å². The third-order valence-electron chi connectivity index (χ3n) is 18.2. The van der Waals surface area contributed by atoms with Crippen LogP contribution in [0.25, 0.3) is 0 Å². The molecule has 0 aromatic rings. The van der Waals surface area contributed by atoms with Crippen molar-refractivity contribution in [3.05, 3.63) is 0 Å². The molecule has 0 saturated heterocycles. The average molecular weight is 1150 g/mol. The molecule has 81 heavy (non-hydrogen) atoms. The van der Waals surface area contributed by atoms with E-state index in [1.165, 1.54) is 372 Å². The van der Waals surface area contributed by atoms with Crippen molar-refractivity contribution in [3.8, 4) is 0 Å². The Balaban J connectivity index is 3.35. The lowest BCUT2D eigenvalue weighted by molar-refractivity contribution is -0.143. The fraction of sp³-hybridized carbons (Fsp3) is 0.973. The summed E-state index contributed by atoms with van der Waals surface area (Å²) in [5, 5.41) is 23.5. The first kappa shape index (κ1) is 79.9. The number of aliphatic hydroxyl groups is 2. The fourth-order valence-electron chi connectivity index (χ4n) is 12.4. The van der Waals surface area contributed by atoms with E-state index in [0.717, 1.165) is 38.5 Å². The number of carbonyl (C=O) groups excluding carboxylic acids is 2. The summed E-state index contributed by atoms with van der Waals surface area (Å²) in [6, 6.07) is -0.542. The maximum Gasteiger partial charge on any atom is 0.305 e. The molecule has 0 aromatic carbocycles. The van der Waals surface area contributed by atoms with Crippen molar-refractivity contribution in [1.29, 1.82) is 0 Å². The Hall–Kier alpha value is -1.14. The van der Waals surface area contributed by atoms with Crippen LogP contribution in [0.2, 0.25) is 0 Å². The first-order valence-electron chi connectivity index (χ1n) is 37.8. The lowest BCUT2D eigenvalue weighted by Crippen LogP contribution is -2.45. The molecule has 0 saturated carbocycles. The van der Waals surface area contributed by atoms with Gasteiger partial charge in [0, 0.05) is 12.8 Å². The molecule has 2 atom stereocenters. The molecule has 0 radical (unpaired) electrons. The molecule has 3 N–H and O–H groups in total. The van der Waals surface area contributed by atoms with Gasteiger partial charge in [0.1, 0.15) is 0 Å². The van der Waals surface area contributed by atoms with Gasteiger partial charge in [-0.15, -0.1) is 0 Å². The van der Waals surface area contributed by atoms with Gasteiger partial charge < -0.3 is 20.3 Å². The van der Waals surface area contributed by atoms with Crippen molar-refractivity contribution in [2.24, 2.45) is 0 Å². The first-order valence-corrected chi connectivity index (χ1v) is 37.8. The van der Waals surface area contributed by atoms with E-state index >= 15 is 0 Å². The molecule has 0 aliphatic heterocycles. The van der Waals surface area contributed by atoms with Gasteiger partial charge in [-0.2, -0.15) is 0 Å². The van der Waals surface area contributed by atoms with Gasteiger partial charge in [0.25, 0.3) is 0 Å². The number of hydrogen-bond donors (Lipinski definition) is 3. The van der Waals surface area contributed by atoms with Crippen LogP contribution in [0, 0.1) is 0 Å². The van der Waals surface area contributed by atoms with E-state index in [1.54, 1.807) is 0 Å². The summed E-state index contributed by atoms with van der Waals surface area (Å²) in [6.45, 7) is 5.01. The highest BCUT2D eigenvalue weighted by Crippen LogP contribution is 2.20. The molecular formula is C75H149NO5. The highest BCUT2D eigenvalue weighted by atomic mass is 16.5. The summed E-state index contributed by atoms with van der Waals surface area (Å²) in [5.74, 6) is -0.00919. The maximum atomic E-state index is 12.6. The van der Waals surface area contributed by atoms with Crippen molar-refractivity contribution in [3.63, 3.8) is 0 Å². The van der Waals surface area contributed by atoms with Crippen LogP contribution >= 0.6 is 0 Å². The topological polar surface area (TPSA) is 95.9 Å². The summed E-state index contributed by atoms with van der Waals surface area (Å²) in [6.07, 6.45) is 87.4. The van der Waals surface area contributed by atoms with Crippen LogP contribution in [0.4, 0.5) is 0 Å². The molecule has 2 unspecified atom stereocenters. The summed E-state index contributed by atoms with van der Waals surface area (Å²) in [7, 11) is 0. The Labute approximate surface area is 508 Å². The Morgan fingerprint density at radius 2 is 0.506 bits per heavy atom. The number of amides is 1. The summed E-state index contributed by atoms with van der Waals surface area (Å²) in [5.41, 5.74) is 0. The number of nitrogens with one attached hydrogen (secondary N) is 1. The van der Waals surface area contributed by atoms with Crippen molar-refractivity contribution in [2.45, 2.75) is 456 Å². The molecule has 0 aromatic heterocycles. The van der Waals surface area contributed by atoms with E-state index in [1.807, 2.05) is 0 Å². The smallest absolute Gasteiger partial charge is 0.305 e. The monoisotopic (exact) mass is 1140 g/mol. The molecule has 0 fully saturated rings. The van der Waals surface area contributed by atoms with E-state index in [2.05, 4.69) is 19.2 Å². The number of unbranched alkanes of at least 4 members (excludes halogenated alkanes) is 61. The minimum Gasteiger partial charge on any atom is -0.466 e. The second-order valence-corrected chi connectivity index (χ2v) is 26.4. The third-order valence-corrected chi connectivity index (χ3v) is 18.2. The summed E-state index contributed by atoms with van der Waals surface area (Å²) >= 11 is 0. The number of hydrogen-bond acceptors (Lipinski definition) is 5. The number of ether oxygens (including phenoxy) is 1. The zero-order valence-corrected chi connectivity index (χ0v) is 55.6. The summed E-state index contributed by atoms with van der Waals surface area (Å²) < 4.78 is 5.51. The molecule has 0 rings (SSSR count). The van der Waals surface area contributed by atoms with E-state index < -0.39 is 12.1 Å². The largest absolute Gasteiger partial charge is 0.466 e. The second-order valence-electron chi connectivity index (χ2n) is 26.4. The average Bonchev–Trinajstić information content (AvgIpc) is 3.47. The van der Waals surface area contributed by atoms with Gasteiger partial charge in [-0.3, -0.25) is 9.59 Å². The Morgan fingerprint density at radius 1 is 0.296 bits per heavy atom. The molecule has 484 valence electrons. The fourth-order valence-corrected chi connectivity index (χ4v) is 12.4. The molecular weight excluding hydrogens is 995 g/mol. The molecule has 6 heteroatoms. The van der Waals surface area contributed by atoms with Gasteiger partial charge >= 0.3 is 5.97 Å². The minimum absolute atomic E-state index is 0.0196. The minimum atomic E-state index is -0.665. The van der Waals surface area contributed by atoms with Gasteiger partial charge in [0.05, 0.1) is 25.4 Å². The van der Waals surface area contributed by atoms with Gasteiger partial charge in [-0.05, 0) is 25.7 Å².